The van der Waals surface area contributed by atoms with E-state index in [0.717, 1.165) is 6.42 Å². The Morgan fingerprint density at radius 2 is 1.11 bits per heavy atom. The molecule has 0 bridgehead atoms. The smallest absolute Gasteiger partial charge is 0.0117 e. The molecule has 0 radical (unpaired) electrons. The zero-order valence-electron chi connectivity index (χ0n) is 12.6. The molecule has 0 aromatic carbocycles. The molecule has 0 atom stereocenters. The molecule has 0 saturated carbocycles. The molecule has 0 aromatic heterocycles. The molecule has 0 rings (SSSR count). The first-order chi connectivity index (χ1) is 9.41. The van der Waals surface area contributed by atoms with Gasteiger partial charge < -0.3 is 0 Å². The van der Waals surface area contributed by atoms with Gasteiger partial charge in [0.15, 0.2) is 0 Å². The molecule has 0 fully saturated rings. The standard InChI is InChI=1S/C18H29Br/c1-2-3-4-5-6-7-8-9-10-11-12-13-14-15-16-17-18-19/h2-14H2,1H3. The van der Waals surface area contributed by atoms with Crippen LogP contribution in [-0.2, 0) is 0 Å². The maximum atomic E-state index is 3.07. The van der Waals surface area contributed by atoms with Gasteiger partial charge in [-0.25, -0.2) is 0 Å². The molecule has 0 amide bonds. The molecular formula is C18H29Br. The Bertz CT molecular complexity index is 284. The van der Waals surface area contributed by atoms with E-state index in [-0.39, 0.29) is 0 Å². The number of halogens is 1. The lowest BCUT2D eigenvalue weighted by Gasteiger charge is -2.01. The Morgan fingerprint density at radius 3 is 1.58 bits per heavy atom. The third-order valence-electron chi connectivity index (χ3n) is 3.35. The van der Waals surface area contributed by atoms with Crippen LogP contribution in [0.3, 0.4) is 0 Å². The van der Waals surface area contributed by atoms with E-state index in [1.807, 2.05) is 0 Å². The van der Waals surface area contributed by atoms with Crippen molar-refractivity contribution in [1.29, 1.82) is 0 Å². The summed E-state index contributed by atoms with van der Waals surface area (Å²) in [4.78, 5) is 2.60. The summed E-state index contributed by atoms with van der Waals surface area (Å²) in [5.41, 5.74) is 0. The summed E-state index contributed by atoms with van der Waals surface area (Å²) in [6.45, 7) is 2.28. The van der Waals surface area contributed by atoms with Gasteiger partial charge in [-0.1, -0.05) is 83.5 Å². The van der Waals surface area contributed by atoms with Crippen molar-refractivity contribution in [1.82, 2.24) is 0 Å². The molecule has 0 saturated heterocycles. The zero-order chi connectivity index (χ0) is 14.0. The van der Waals surface area contributed by atoms with Crippen LogP contribution in [-0.4, -0.2) is 0 Å². The minimum atomic E-state index is 0.999. The average Bonchev–Trinajstić information content (AvgIpc) is 2.43. The lowest BCUT2D eigenvalue weighted by molar-refractivity contribution is 0.545. The van der Waals surface area contributed by atoms with Gasteiger partial charge in [0.1, 0.15) is 0 Å². The Morgan fingerprint density at radius 1 is 0.632 bits per heavy atom. The van der Waals surface area contributed by atoms with Gasteiger partial charge >= 0.3 is 0 Å². The van der Waals surface area contributed by atoms with Crippen LogP contribution < -0.4 is 0 Å². The minimum absolute atomic E-state index is 0.999. The van der Waals surface area contributed by atoms with E-state index in [1.54, 1.807) is 0 Å². The summed E-state index contributed by atoms with van der Waals surface area (Å²) in [7, 11) is 0. The normalized spacial score (nSPS) is 9.37. The van der Waals surface area contributed by atoms with E-state index in [0.29, 0.717) is 0 Å². The molecule has 0 unspecified atom stereocenters. The first kappa shape index (κ1) is 18.6. The molecule has 0 aliphatic rings. The van der Waals surface area contributed by atoms with Gasteiger partial charge in [0.25, 0.3) is 0 Å². The maximum Gasteiger partial charge on any atom is 0.0117 e. The first-order valence-electron chi connectivity index (χ1n) is 8.00. The van der Waals surface area contributed by atoms with Crippen LogP contribution in [0.5, 0.6) is 0 Å². The summed E-state index contributed by atoms with van der Waals surface area (Å²) >= 11 is 3.03. The van der Waals surface area contributed by atoms with E-state index in [2.05, 4.69) is 45.4 Å². The lowest BCUT2D eigenvalue weighted by atomic mass is 10.0. The van der Waals surface area contributed by atoms with Crippen molar-refractivity contribution < 1.29 is 0 Å². The third kappa shape index (κ3) is 17.6. The van der Waals surface area contributed by atoms with Crippen LogP contribution in [0.25, 0.3) is 0 Å². The van der Waals surface area contributed by atoms with E-state index >= 15 is 0 Å². The summed E-state index contributed by atoms with van der Waals surface area (Å²) < 4.78 is 0. The van der Waals surface area contributed by atoms with Gasteiger partial charge in [-0.3, -0.25) is 0 Å². The van der Waals surface area contributed by atoms with Crippen molar-refractivity contribution in [2.24, 2.45) is 0 Å². The number of unbranched alkanes of at least 4 members (excludes halogenated alkanes) is 12. The topological polar surface area (TPSA) is 0 Å². The van der Waals surface area contributed by atoms with E-state index in [1.165, 1.54) is 77.0 Å². The lowest BCUT2D eigenvalue weighted by Crippen LogP contribution is -1.82. The zero-order valence-corrected chi connectivity index (χ0v) is 14.2. The molecule has 0 nitrogen and oxygen atoms in total. The maximum absolute atomic E-state index is 3.07. The second kappa shape index (κ2) is 17.6. The van der Waals surface area contributed by atoms with E-state index < -0.39 is 0 Å². The number of hydrogen-bond donors (Lipinski definition) is 0. The van der Waals surface area contributed by atoms with Crippen molar-refractivity contribution in [3.05, 3.63) is 0 Å². The van der Waals surface area contributed by atoms with Gasteiger partial charge in [0.05, 0.1) is 0 Å². The Hall–Kier alpha value is -0.400. The molecule has 108 valence electrons. The summed E-state index contributed by atoms with van der Waals surface area (Å²) in [5.74, 6) is 8.58. The predicted octanol–water partition coefficient (Wildman–Crippen LogP) is 6.44. The minimum Gasteiger partial charge on any atom is -0.0891 e. The fraction of sp³-hybridized carbons (Fsp3) is 0.778. The van der Waals surface area contributed by atoms with Crippen LogP contribution in [0.1, 0.15) is 90.4 Å². The SMILES string of the molecule is CCCCCCCCCCCCCCC#CC#CBr. The molecule has 0 aliphatic carbocycles. The van der Waals surface area contributed by atoms with Crippen molar-refractivity contribution in [3.63, 3.8) is 0 Å². The highest BCUT2D eigenvalue weighted by Gasteiger charge is 1.92. The van der Waals surface area contributed by atoms with Crippen LogP contribution in [0.2, 0.25) is 0 Å². The Balaban J connectivity index is 3.03. The largest absolute Gasteiger partial charge is 0.0891 e. The van der Waals surface area contributed by atoms with Gasteiger partial charge in [-0.15, -0.1) is 0 Å². The molecule has 0 aromatic rings. The van der Waals surface area contributed by atoms with Gasteiger partial charge in [-0.05, 0) is 23.1 Å². The van der Waals surface area contributed by atoms with Crippen LogP contribution in [0.15, 0.2) is 0 Å². The Labute approximate surface area is 129 Å². The highest BCUT2D eigenvalue weighted by molar-refractivity contribution is 9.12. The molecule has 0 N–H and O–H groups in total. The first-order valence-corrected chi connectivity index (χ1v) is 8.79. The molecule has 1 heteroatoms. The van der Waals surface area contributed by atoms with Gasteiger partial charge in [-0.2, -0.15) is 0 Å². The third-order valence-corrected chi connectivity index (χ3v) is 3.55. The van der Waals surface area contributed by atoms with Crippen molar-refractivity contribution in [2.45, 2.75) is 90.4 Å². The highest BCUT2D eigenvalue weighted by Crippen LogP contribution is 2.12. The monoisotopic (exact) mass is 324 g/mol. The quantitative estimate of drug-likeness (QED) is 0.286. The number of rotatable bonds is 12. The molecular weight excluding hydrogens is 296 g/mol. The summed E-state index contributed by atoms with van der Waals surface area (Å²) in [5, 5.41) is 0. The molecule has 0 heterocycles. The van der Waals surface area contributed by atoms with Crippen molar-refractivity contribution >= 4 is 15.9 Å². The average molecular weight is 325 g/mol. The van der Waals surface area contributed by atoms with E-state index in [4.69, 9.17) is 0 Å². The van der Waals surface area contributed by atoms with Crippen LogP contribution in [0.4, 0.5) is 0 Å². The fourth-order valence-electron chi connectivity index (χ4n) is 2.18. The molecule has 0 aliphatic heterocycles. The summed E-state index contributed by atoms with van der Waals surface area (Å²) in [6.07, 6.45) is 17.8. The Kier molecular flexibility index (Phi) is 17.2. The van der Waals surface area contributed by atoms with E-state index in [9.17, 15) is 0 Å². The van der Waals surface area contributed by atoms with Crippen LogP contribution >= 0.6 is 15.9 Å². The second-order valence-corrected chi connectivity index (χ2v) is 5.56. The van der Waals surface area contributed by atoms with Crippen molar-refractivity contribution in [2.75, 3.05) is 0 Å². The molecule has 0 spiro atoms. The number of hydrogen-bond acceptors (Lipinski definition) is 0. The van der Waals surface area contributed by atoms with Gasteiger partial charge in [0, 0.05) is 22.4 Å². The fourth-order valence-corrected chi connectivity index (χ4v) is 2.28. The second-order valence-electron chi connectivity index (χ2n) is 5.16. The highest BCUT2D eigenvalue weighted by atomic mass is 79.9. The molecule has 19 heavy (non-hydrogen) atoms. The van der Waals surface area contributed by atoms with Gasteiger partial charge in [0.2, 0.25) is 0 Å². The van der Waals surface area contributed by atoms with Crippen LogP contribution in [0, 0.1) is 22.6 Å². The predicted molar refractivity (Wildman–Crippen MR) is 90.2 cm³/mol. The van der Waals surface area contributed by atoms with Crippen molar-refractivity contribution in [3.8, 4) is 22.6 Å². The summed E-state index contributed by atoms with van der Waals surface area (Å²) in [6, 6.07) is 0.